The number of carbonyl (C=O) groups is 1. The van der Waals surface area contributed by atoms with E-state index in [2.05, 4.69) is 5.32 Å². The SMILES string of the molecule is Cc1ccc([C@@H](C)NC(=O)[C@H](N)C(C)C)cc1. The lowest BCUT2D eigenvalue weighted by molar-refractivity contribution is -0.123. The zero-order valence-electron chi connectivity index (χ0n) is 11.0. The number of benzene rings is 1. The summed E-state index contributed by atoms with van der Waals surface area (Å²) in [7, 11) is 0. The van der Waals surface area contributed by atoms with E-state index in [9.17, 15) is 4.79 Å². The van der Waals surface area contributed by atoms with E-state index in [0.717, 1.165) is 5.56 Å². The summed E-state index contributed by atoms with van der Waals surface area (Å²) in [4.78, 5) is 11.8. The summed E-state index contributed by atoms with van der Waals surface area (Å²) in [6.45, 7) is 7.90. The summed E-state index contributed by atoms with van der Waals surface area (Å²) >= 11 is 0. The lowest BCUT2D eigenvalue weighted by Gasteiger charge is -2.20. The molecule has 0 aliphatic carbocycles. The van der Waals surface area contributed by atoms with Crippen LogP contribution in [0.25, 0.3) is 0 Å². The third-order valence-electron chi connectivity index (χ3n) is 2.96. The van der Waals surface area contributed by atoms with E-state index in [1.807, 2.05) is 52.0 Å². The van der Waals surface area contributed by atoms with Crippen molar-refractivity contribution in [2.45, 2.75) is 39.8 Å². The zero-order valence-corrected chi connectivity index (χ0v) is 11.0. The number of hydrogen-bond acceptors (Lipinski definition) is 2. The van der Waals surface area contributed by atoms with Crippen molar-refractivity contribution in [1.29, 1.82) is 0 Å². The van der Waals surface area contributed by atoms with E-state index in [-0.39, 0.29) is 17.9 Å². The number of amides is 1. The molecule has 0 bridgehead atoms. The maximum Gasteiger partial charge on any atom is 0.237 e. The molecular weight excluding hydrogens is 212 g/mol. The zero-order chi connectivity index (χ0) is 13.0. The Morgan fingerprint density at radius 1 is 1.18 bits per heavy atom. The molecule has 0 saturated heterocycles. The summed E-state index contributed by atoms with van der Waals surface area (Å²) in [5, 5.41) is 2.93. The quantitative estimate of drug-likeness (QED) is 0.838. The van der Waals surface area contributed by atoms with Crippen LogP contribution in [-0.4, -0.2) is 11.9 Å². The van der Waals surface area contributed by atoms with Crippen LogP contribution >= 0.6 is 0 Å². The van der Waals surface area contributed by atoms with Gasteiger partial charge in [-0.05, 0) is 25.3 Å². The number of nitrogens with two attached hydrogens (primary N) is 1. The van der Waals surface area contributed by atoms with Crippen LogP contribution in [0.5, 0.6) is 0 Å². The summed E-state index contributed by atoms with van der Waals surface area (Å²) in [6, 6.07) is 7.69. The van der Waals surface area contributed by atoms with Gasteiger partial charge >= 0.3 is 0 Å². The average Bonchev–Trinajstić information content (AvgIpc) is 2.28. The highest BCUT2D eigenvalue weighted by Gasteiger charge is 2.19. The van der Waals surface area contributed by atoms with Crippen molar-refractivity contribution in [2.24, 2.45) is 11.7 Å². The van der Waals surface area contributed by atoms with Gasteiger partial charge in [0, 0.05) is 0 Å². The van der Waals surface area contributed by atoms with Crippen LogP contribution in [0, 0.1) is 12.8 Å². The summed E-state index contributed by atoms with van der Waals surface area (Å²) < 4.78 is 0. The van der Waals surface area contributed by atoms with Gasteiger partial charge in [-0.15, -0.1) is 0 Å². The maximum absolute atomic E-state index is 11.8. The van der Waals surface area contributed by atoms with Crippen LogP contribution in [0.15, 0.2) is 24.3 Å². The van der Waals surface area contributed by atoms with Crippen LogP contribution in [0.1, 0.15) is 37.9 Å². The molecule has 0 aliphatic rings. The van der Waals surface area contributed by atoms with E-state index >= 15 is 0 Å². The van der Waals surface area contributed by atoms with Crippen LogP contribution < -0.4 is 11.1 Å². The van der Waals surface area contributed by atoms with Crippen LogP contribution in [0.2, 0.25) is 0 Å². The molecule has 3 nitrogen and oxygen atoms in total. The summed E-state index contributed by atoms with van der Waals surface area (Å²) in [5.74, 6) is 0.0632. The molecule has 2 atom stereocenters. The minimum absolute atomic E-state index is 0.00657. The van der Waals surface area contributed by atoms with E-state index in [1.54, 1.807) is 0 Å². The van der Waals surface area contributed by atoms with Gasteiger partial charge in [-0.3, -0.25) is 4.79 Å². The number of rotatable bonds is 4. The van der Waals surface area contributed by atoms with E-state index in [4.69, 9.17) is 5.73 Å². The van der Waals surface area contributed by atoms with Gasteiger partial charge in [0.25, 0.3) is 0 Å². The lowest BCUT2D eigenvalue weighted by Crippen LogP contribution is -2.44. The van der Waals surface area contributed by atoms with Crippen molar-refractivity contribution >= 4 is 5.91 Å². The smallest absolute Gasteiger partial charge is 0.237 e. The standard InChI is InChI=1S/C14H22N2O/c1-9(2)13(15)14(17)16-11(4)12-7-5-10(3)6-8-12/h5-9,11,13H,15H2,1-4H3,(H,16,17)/t11-,13-/m1/s1. The lowest BCUT2D eigenvalue weighted by atomic mass is 10.0. The predicted molar refractivity (Wildman–Crippen MR) is 70.6 cm³/mol. The fraction of sp³-hybridized carbons (Fsp3) is 0.500. The molecule has 17 heavy (non-hydrogen) atoms. The second-order valence-corrected chi connectivity index (χ2v) is 4.91. The first kappa shape index (κ1) is 13.7. The second-order valence-electron chi connectivity index (χ2n) is 4.91. The molecule has 0 saturated carbocycles. The molecule has 0 aliphatic heterocycles. The minimum Gasteiger partial charge on any atom is -0.348 e. The predicted octanol–water partition coefficient (Wildman–Crippen LogP) is 2.16. The molecule has 3 heteroatoms. The van der Waals surface area contributed by atoms with Gasteiger partial charge in [0.05, 0.1) is 12.1 Å². The highest BCUT2D eigenvalue weighted by molar-refractivity contribution is 5.82. The number of hydrogen-bond donors (Lipinski definition) is 2. The average molecular weight is 234 g/mol. The van der Waals surface area contributed by atoms with Crippen molar-refractivity contribution in [3.63, 3.8) is 0 Å². The van der Waals surface area contributed by atoms with Gasteiger partial charge in [0.2, 0.25) is 5.91 Å². The van der Waals surface area contributed by atoms with Crippen LogP contribution in [0.3, 0.4) is 0 Å². The molecule has 0 heterocycles. The Hall–Kier alpha value is -1.35. The fourth-order valence-electron chi connectivity index (χ4n) is 1.55. The number of nitrogens with one attached hydrogen (secondary N) is 1. The largest absolute Gasteiger partial charge is 0.348 e. The Balaban J connectivity index is 2.63. The first-order valence-electron chi connectivity index (χ1n) is 6.04. The van der Waals surface area contributed by atoms with E-state index in [1.165, 1.54) is 5.56 Å². The minimum atomic E-state index is -0.442. The third-order valence-corrected chi connectivity index (χ3v) is 2.96. The van der Waals surface area contributed by atoms with Crippen molar-refractivity contribution in [1.82, 2.24) is 5.32 Å². The van der Waals surface area contributed by atoms with Gasteiger partial charge < -0.3 is 11.1 Å². The maximum atomic E-state index is 11.8. The Morgan fingerprint density at radius 3 is 2.18 bits per heavy atom. The summed E-state index contributed by atoms with van der Waals surface area (Å²) in [6.07, 6.45) is 0. The Morgan fingerprint density at radius 2 is 1.71 bits per heavy atom. The fourth-order valence-corrected chi connectivity index (χ4v) is 1.55. The van der Waals surface area contributed by atoms with Crippen LogP contribution in [-0.2, 0) is 4.79 Å². The van der Waals surface area contributed by atoms with Gasteiger partial charge in [0.15, 0.2) is 0 Å². The van der Waals surface area contributed by atoms with Crippen molar-refractivity contribution in [2.75, 3.05) is 0 Å². The molecule has 0 fully saturated rings. The van der Waals surface area contributed by atoms with Crippen molar-refractivity contribution in [3.05, 3.63) is 35.4 Å². The molecule has 1 rings (SSSR count). The van der Waals surface area contributed by atoms with E-state index in [0.29, 0.717) is 0 Å². The first-order valence-corrected chi connectivity index (χ1v) is 6.04. The number of aryl methyl sites for hydroxylation is 1. The molecule has 3 N–H and O–H groups in total. The Kier molecular flexibility index (Phi) is 4.70. The first-order chi connectivity index (χ1) is 7.91. The Labute approximate surface area is 103 Å². The number of carbonyl (C=O) groups excluding carboxylic acids is 1. The highest BCUT2D eigenvalue weighted by Crippen LogP contribution is 2.13. The molecule has 1 aromatic carbocycles. The van der Waals surface area contributed by atoms with Crippen molar-refractivity contribution < 1.29 is 4.79 Å². The van der Waals surface area contributed by atoms with E-state index < -0.39 is 6.04 Å². The highest BCUT2D eigenvalue weighted by atomic mass is 16.2. The molecule has 0 radical (unpaired) electrons. The van der Waals surface area contributed by atoms with Gasteiger partial charge in [0.1, 0.15) is 0 Å². The molecule has 0 aromatic heterocycles. The molecule has 1 aromatic rings. The van der Waals surface area contributed by atoms with Gasteiger partial charge in [-0.2, -0.15) is 0 Å². The molecular formula is C14H22N2O. The third kappa shape index (κ3) is 3.86. The Bertz CT molecular complexity index is 370. The second kappa shape index (κ2) is 5.82. The molecule has 0 unspecified atom stereocenters. The van der Waals surface area contributed by atoms with Gasteiger partial charge in [-0.25, -0.2) is 0 Å². The van der Waals surface area contributed by atoms with Crippen LogP contribution in [0.4, 0.5) is 0 Å². The molecule has 1 amide bonds. The molecule has 0 spiro atoms. The topological polar surface area (TPSA) is 55.1 Å². The van der Waals surface area contributed by atoms with Gasteiger partial charge in [-0.1, -0.05) is 43.7 Å². The summed E-state index contributed by atoms with van der Waals surface area (Å²) in [5.41, 5.74) is 8.11. The monoisotopic (exact) mass is 234 g/mol. The normalized spacial score (nSPS) is 14.5. The molecule has 94 valence electrons. The van der Waals surface area contributed by atoms with Crippen molar-refractivity contribution in [3.8, 4) is 0 Å².